The first kappa shape index (κ1) is 15.3. The fourth-order valence-electron chi connectivity index (χ4n) is 2.23. The molecular weight excluding hydrogens is 262 g/mol. The van der Waals surface area contributed by atoms with Crippen LogP contribution in [0.1, 0.15) is 22.5 Å². The van der Waals surface area contributed by atoms with Crippen LogP contribution < -0.4 is 5.32 Å². The molecule has 2 rings (SSSR count). The van der Waals surface area contributed by atoms with Crippen molar-refractivity contribution in [3.05, 3.63) is 59.9 Å². The standard InChI is InChI=1S/C17H23N3O/c1-19(2)12-7-11-18-17(21)16-10-6-13-20(16)14-15-8-4-3-5-9-15/h3-6,8-10,13H,7,11-12,14H2,1-2H3,(H,18,21). The van der Waals surface area contributed by atoms with Crippen LogP contribution in [-0.2, 0) is 6.54 Å². The smallest absolute Gasteiger partial charge is 0.267 e. The van der Waals surface area contributed by atoms with Crippen molar-refractivity contribution in [1.29, 1.82) is 0 Å². The average Bonchev–Trinajstić information content (AvgIpc) is 2.92. The molecule has 21 heavy (non-hydrogen) atoms. The topological polar surface area (TPSA) is 37.3 Å². The van der Waals surface area contributed by atoms with Crippen molar-refractivity contribution >= 4 is 5.91 Å². The summed E-state index contributed by atoms with van der Waals surface area (Å²) in [7, 11) is 4.07. The van der Waals surface area contributed by atoms with Crippen LogP contribution in [-0.4, -0.2) is 42.6 Å². The lowest BCUT2D eigenvalue weighted by Gasteiger charge is -2.11. The molecule has 0 radical (unpaired) electrons. The Morgan fingerprint density at radius 2 is 1.90 bits per heavy atom. The minimum atomic E-state index is -0.00492. The Labute approximate surface area is 126 Å². The molecule has 1 N–H and O–H groups in total. The first-order valence-corrected chi connectivity index (χ1v) is 7.29. The molecule has 0 saturated carbocycles. The van der Waals surface area contributed by atoms with Gasteiger partial charge in [0.2, 0.25) is 0 Å². The van der Waals surface area contributed by atoms with Crippen molar-refractivity contribution in [3.63, 3.8) is 0 Å². The zero-order chi connectivity index (χ0) is 15.1. The normalized spacial score (nSPS) is 10.8. The highest BCUT2D eigenvalue weighted by atomic mass is 16.1. The van der Waals surface area contributed by atoms with Crippen molar-refractivity contribution in [2.45, 2.75) is 13.0 Å². The molecular formula is C17H23N3O. The number of nitrogens with zero attached hydrogens (tertiary/aromatic N) is 2. The van der Waals surface area contributed by atoms with E-state index in [0.717, 1.165) is 13.0 Å². The van der Waals surface area contributed by atoms with E-state index in [9.17, 15) is 4.79 Å². The first-order chi connectivity index (χ1) is 10.2. The van der Waals surface area contributed by atoms with Crippen LogP contribution in [0.3, 0.4) is 0 Å². The largest absolute Gasteiger partial charge is 0.351 e. The van der Waals surface area contributed by atoms with Crippen molar-refractivity contribution in [3.8, 4) is 0 Å². The number of aromatic nitrogens is 1. The predicted octanol–water partition coefficient (Wildman–Crippen LogP) is 2.22. The van der Waals surface area contributed by atoms with Crippen LogP contribution in [0.4, 0.5) is 0 Å². The zero-order valence-electron chi connectivity index (χ0n) is 12.7. The number of benzene rings is 1. The van der Waals surface area contributed by atoms with Gasteiger partial charge in [-0.05, 0) is 44.8 Å². The van der Waals surface area contributed by atoms with E-state index in [0.29, 0.717) is 18.8 Å². The second-order valence-corrected chi connectivity index (χ2v) is 5.42. The Bertz CT molecular complexity index is 560. The van der Waals surface area contributed by atoms with Crippen molar-refractivity contribution in [2.75, 3.05) is 27.2 Å². The van der Waals surface area contributed by atoms with Crippen molar-refractivity contribution < 1.29 is 4.79 Å². The first-order valence-electron chi connectivity index (χ1n) is 7.29. The number of nitrogens with one attached hydrogen (secondary N) is 1. The van der Waals surface area contributed by atoms with E-state index in [1.807, 2.05) is 55.2 Å². The summed E-state index contributed by atoms with van der Waals surface area (Å²) in [6.45, 7) is 2.40. The molecule has 1 amide bonds. The summed E-state index contributed by atoms with van der Waals surface area (Å²) >= 11 is 0. The molecule has 0 fully saturated rings. The van der Waals surface area contributed by atoms with Crippen LogP contribution in [0.5, 0.6) is 0 Å². The lowest BCUT2D eigenvalue weighted by Crippen LogP contribution is -2.28. The summed E-state index contributed by atoms with van der Waals surface area (Å²) in [6, 6.07) is 13.9. The Morgan fingerprint density at radius 1 is 1.14 bits per heavy atom. The van der Waals surface area contributed by atoms with Gasteiger partial charge >= 0.3 is 0 Å². The maximum absolute atomic E-state index is 12.2. The number of hydrogen-bond acceptors (Lipinski definition) is 2. The molecule has 0 aliphatic carbocycles. The van der Waals surface area contributed by atoms with Gasteiger partial charge in [0.1, 0.15) is 5.69 Å². The van der Waals surface area contributed by atoms with Gasteiger partial charge in [0, 0.05) is 19.3 Å². The van der Waals surface area contributed by atoms with E-state index >= 15 is 0 Å². The third-order valence-corrected chi connectivity index (χ3v) is 3.33. The Hall–Kier alpha value is -2.07. The van der Waals surface area contributed by atoms with Gasteiger partial charge in [-0.2, -0.15) is 0 Å². The van der Waals surface area contributed by atoms with Crippen molar-refractivity contribution in [1.82, 2.24) is 14.8 Å². The number of carbonyl (C=O) groups is 1. The van der Waals surface area contributed by atoms with E-state index in [2.05, 4.69) is 22.3 Å². The van der Waals surface area contributed by atoms with Crippen LogP contribution in [0.15, 0.2) is 48.7 Å². The molecule has 112 valence electrons. The third-order valence-electron chi connectivity index (χ3n) is 3.33. The number of hydrogen-bond donors (Lipinski definition) is 1. The quantitative estimate of drug-likeness (QED) is 0.792. The molecule has 1 aromatic heterocycles. The number of carbonyl (C=O) groups excluding carboxylic acids is 1. The molecule has 2 aromatic rings. The Kier molecular flexibility index (Phi) is 5.58. The predicted molar refractivity (Wildman–Crippen MR) is 85.5 cm³/mol. The van der Waals surface area contributed by atoms with E-state index < -0.39 is 0 Å². The summed E-state index contributed by atoms with van der Waals surface area (Å²) in [4.78, 5) is 14.3. The Morgan fingerprint density at radius 3 is 2.62 bits per heavy atom. The fraction of sp³-hybridized carbons (Fsp3) is 0.353. The van der Waals surface area contributed by atoms with Gasteiger partial charge < -0.3 is 14.8 Å². The Balaban J connectivity index is 1.92. The van der Waals surface area contributed by atoms with Gasteiger partial charge in [0.25, 0.3) is 5.91 Å². The average molecular weight is 285 g/mol. The molecule has 1 heterocycles. The van der Waals surface area contributed by atoms with Crippen LogP contribution >= 0.6 is 0 Å². The molecule has 4 nitrogen and oxygen atoms in total. The summed E-state index contributed by atoms with van der Waals surface area (Å²) in [6.07, 6.45) is 2.90. The molecule has 0 bridgehead atoms. The van der Waals surface area contributed by atoms with Gasteiger partial charge in [-0.25, -0.2) is 0 Å². The van der Waals surface area contributed by atoms with E-state index in [4.69, 9.17) is 0 Å². The van der Waals surface area contributed by atoms with E-state index in [-0.39, 0.29) is 5.91 Å². The summed E-state index contributed by atoms with van der Waals surface area (Å²) in [5.41, 5.74) is 1.90. The summed E-state index contributed by atoms with van der Waals surface area (Å²) in [5, 5.41) is 2.98. The van der Waals surface area contributed by atoms with Gasteiger partial charge in [-0.1, -0.05) is 30.3 Å². The van der Waals surface area contributed by atoms with Gasteiger partial charge in [-0.15, -0.1) is 0 Å². The monoisotopic (exact) mass is 285 g/mol. The van der Waals surface area contributed by atoms with Crippen LogP contribution in [0.2, 0.25) is 0 Å². The minimum absolute atomic E-state index is 0.00492. The highest BCUT2D eigenvalue weighted by Gasteiger charge is 2.10. The van der Waals surface area contributed by atoms with Crippen molar-refractivity contribution in [2.24, 2.45) is 0 Å². The second kappa shape index (κ2) is 7.64. The molecule has 0 saturated heterocycles. The van der Waals surface area contributed by atoms with E-state index in [1.54, 1.807) is 0 Å². The summed E-state index contributed by atoms with van der Waals surface area (Å²) in [5.74, 6) is -0.00492. The highest BCUT2D eigenvalue weighted by molar-refractivity contribution is 5.92. The highest BCUT2D eigenvalue weighted by Crippen LogP contribution is 2.07. The molecule has 1 aromatic carbocycles. The number of amides is 1. The second-order valence-electron chi connectivity index (χ2n) is 5.42. The molecule has 0 aliphatic rings. The molecule has 0 atom stereocenters. The third kappa shape index (κ3) is 4.76. The lowest BCUT2D eigenvalue weighted by atomic mass is 10.2. The van der Waals surface area contributed by atoms with Gasteiger partial charge in [0.05, 0.1) is 0 Å². The lowest BCUT2D eigenvalue weighted by molar-refractivity contribution is 0.0943. The zero-order valence-corrected chi connectivity index (χ0v) is 12.7. The molecule has 0 unspecified atom stereocenters. The van der Waals surface area contributed by atoms with E-state index in [1.165, 1.54) is 5.56 Å². The maximum Gasteiger partial charge on any atom is 0.267 e. The van der Waals surface area contributed by atoms with Gasteiger partial charge in [0.15, 0.2) is 0 Å². The maximum atomic E-state index is 12.2. The fourth-order valence-corrected chi connectivity index (χ4v) is 2.23. The summed E-state index contributed by atoms with van der Waals surface area (Å²) < 4.78 is 1.98. The molecule has 0 spiro atoms. The molecule has 4 heteroatoms. The molecule has 0 aliphatic heterocycles. The number of rotatable bonds is 7. The SMILES string of the molecule is CN(C)CCCNC(=O)c1cccn1Cc1ccccc1. The van der Waals surface area contributed by atoms with Crippen LogP contribution in [0, 0.1) is 0 Å². The minimum Gasteiger partial charge on any atom is -0.351 e. The van der Waals surface area contributed by atoms with Gasteiger partial charge in [-0.3, -0.25) is 4.79 Å². The van der Waals surface area contributed by atoms with Crippen LogP contribution in [0.25, 0.3) is 0 Å².